The van der Waals surface area contributed by atoms with Crippen molar-refractivity contribution in [3.05, 3.63) is 204 Å². The van der Waals surface area contributed by atoms with E-state index >= 15 is 0 Å². The highest BCUT2D eigenvalue weighted by atomic mass is 15.1. The zero-order valence-corrected chi connectivity index (χ0v) is 26.1. The van der Waals surface area contributed by atoms with Gasteiger partial charge in [0.1, 0.15) is 0 Å². The van der Waals surface area contributed by atoms with E-state index in [1.54, 1.807) is 0 Å². The van der Waals surface area contributed by atoms with Crippen molar-refractivity contribution in [3.8, 4) is 0 Å². The molecule has 6 aromatic carbocycles. The Bertz CT molecular complexity index is 1990. The van der Waals surface area contributed by atoms with Crippen LogP contribution in [0, 0.1) is 0 Å². The molecule has 46 heavy (non-hydrogen) atoms. The average Bonchev–Trinajstić information content (AvgIpc) is 3.44. The molecule has 2 aliphatic carbocycles. The summed E-state index contributed by atoms with van der Waals surface area (Å²) in [6.07, 6.45) is 6.88. The molecule has 0 saturated carbocycles. The van der Waals surface area contributed by atoms with Gasteiger partial charge in [-0.15, -0.1) is 0 Å². The van der Waals surface area contributed by atoms with Gasteiger partial charge in [-0.25, -0.2) is 0 Å². The molecular weight excluding hydrogens is 556 g/mol. The predicted octanol–water partition coefficient (Wildman–Crippen LogP) is 11.4. The average molecular weight is 593 g/mol. The van der Waals surface area contributed by atoms with Gasteiger partial charge in [0.25, 0.3) is 0 Å². The van der Waals surface area contributed by atoms with Crippen LogP contribution in [0.1, 0.15) is 35.1 Å². The molecule has 0 N–H and O–H groups in total. The van der Waals surface area contributed by atoms with Crippen molar-refractivity contribution >= 4 is 34.0 Å². The van der Waals surface area contributed by atoms with Gasteiger partial charge in [0.05, 0.1) is 5.41 Å². The van der Waals surface area contributed by atoms with Crippen LogP contribution in [0.5, 0.6) is 0 Å². The van der Waals surface area contributed by atoms with Crippen molar-refractivity contribution in [3.63, 3.8) is 0 Å². The molecule has 0 fully saturated rings. The summed E-state index contributed by atoms with van der Waals surface area (Å²) in [6, 6.07) is 59.5. The van der Waals surface area contributed by atoms with E-state index in [0.717, 1.165) is 41.3 Å². The van der Waals surface area contributed by atoms with Gasteiger partial charge in [0.15, 0.2) is 0 Å². The Morgan fingerprint density at radius 2 is 0.978 bits per heavy atom. The number of benzene rings is 6. The first kappa shape index (κ1) is 27.9. The Labute approximate surface area is 272 Å². The largest absolute Gasteiger partial charge is 0.345 e. The minimum Gasteiger partial charge on any atom is -0.345 e. The number of allylic oxidation sites excluding steroid dienone is 4. The molecule has 0 heterocycles. The first-order valence-corrected chi connectivity index (χ1v) is 16.2. The first-order chi connectivity index (χ1) is 22.7. The van der Waals surface area contributed by atoms with E-state index in [4.69, 9.17) is 0 Å². The van der Waals surface area contributed by atoms with Gasteiger partial charge in [0, 0.05) is 35.5 Å². The number of rotatable bonds is 7. The quantitative estimate of drug-likeness (QED) is 0.182. The van der Waals surface area contributed by atoms with Gasteiger partial charge in [-0.05, 0) is 107 Å². The number of anilines is 5. The minimum absolute atomic E-state index is 0.398. The van der Waals surface area contributed by atoms with Crippen LogP contribution >= 0.6 is 0 Å². The third-order valence-corrected chi connectivity index (χ3v) is 9.63. The number of hydrogen-bond donors (Lipinski definition) is 0. The monoisotopic (exact) mass is 592 g/mol. The molecule has 0 saturated heterocycles. The van der Waals surface area contributed by atoms with Gasteiger partial charge in [-0.1, -0.05) is 115 Å². The second-order valence-electron chi connectivity index (χ2n) is 12.1. The second-order valence-corrected chi connectivity index (χ2v) is 12.1. The molecule has 0 spiro atoms. The van der Waals surface area contributed by atoms with E-state index in [-0.39, 0.29) is 0 Å². The van der Waals surface area contributed by atoms with E-state index in [1.807, 2.05) is 0 Å². The lowest BCUT2D eigenvalue weighted by atomic mass is 9.66. The smallest absolute Gasteiger partial charge is 0.0710 e. The summed E-state index contributed by atoms with van der Waals surface area (Å²) < 4.78 is 0. The molecule has 6 aromatic rings. The van der Waals surface area contributed by atoms with Crippen molar-refractivity contribution in [2.45, 2.75) is 18.3 Å². The maximum absolute atomic E-state index is 2.46. The number of para-hydroxylation sites is 2. The van der Waals surface area contributed by atoms with Crippen LogP contribution in [-0.4, -0.2) is 7.05 Å². The number of hydrogen-bond acceptors (Lipinski definition) is 2. The van der Waals surface area contributed by atoms with Crippen LogP contribution in [0.2, 0.25) is 0 Å². The minimum atomic E-state index is -0.398. The molecule has 222 valence electrons. The molecule has 0 radical (unpaired) electrons. The van der Waals surface area contributed by atoms with Crippen LogP contribution in [-0.2, 0) is 5.41 Å². The number of nitrogens with zero attached hydrogens (tertiary/aromatic N) is 2. The summed E-state index contributed by atoms with van der Waals surface area (Å²) in [5.74, 6) is 0. The Hall–Kier alpha value is -5.60. The normalized spacial score (nSPS) is 14.5. The van der Waals surface area contributed by atoms with Gasteiger partial charge >= 0.3 is 0 Å². The van der Waals surface area contributed by atoms with E-state index in [9.17, 15) is 0 Å². The predicted molar refractivity (Wildman–Crippen MR) is 194 cm³/mol. The third-order valence-electron chi connectivity index (χ3n) is 9.63. The fourth-order valence-corrected chi connectivity index (χ4v) is 7.50. The molecule has 8 rings (SSSR count). The highest BCUT2D eigenvalue weighted by Gasteiger charge is 2.47. The molecule has 2 heteroatoms. The Morgan fingerprint density at radius 3 is 1.59 bits per heavy atom. The summed E-state index contributed by atoms with van der Waals surface area (Å²) >= 11 is 0. The highest BCUT2D eigenvalue weighted by molar-refractivity contribution is 5.90. The summed E-state index contributed by atoms with van der Waals surface area (Å²) in [5, 5.41) is 0. The maximum atomic E-state index is 2.46. The van der Waals surface area contributed by atoms with E-state index in [2.05, 4.69) is 193 Å². The van der Waals surface area contributed by atoms with Crippen LogP contribution in [0.15, 0.2) is 182 Å². The zero-order chi connectivity index (χ0) is 30.9. The van der Waals surface area contributed by atoms with E-state index < -0.39 is 5.41 Å². The topological polar surface area (TPSA) is 6.48 Å². The lowest BCUT2D eigenvalue weighted by molar-refractivity contribution is 0.756. The van der Waals surface area contributed by atoms with Gasteiger partial charge < -0.3 is 9.80 Å². The van der Waals surface area contributed by atoms with Crippen LogP contribution in [0.4, 0.5) is 28.4 Å². The lowest BCUT2D eigenvalue weighted by Crippen LogP contribution is -2.29. The summed E-state index contributed by atoms with van der Waals surface area (Å²) in [5.41, 5.74) is 13.5. The van der Waals surface area contributed by atoms with E-state index in [1.165, 1.54) is 33.4 Å². The fraction of sp³-hybridized carbons (Fsp3) is 0.0909. The lowest BCUT2D eigenvalue weighted by Gasteiger charge is -2.36. The molecule has 2 nitrogen and oxygen atoms in total. The van der Waals surface area contributed by atoms with Crippen molar-refractivity contribution < 1.29 is 0 Å². The van der Waals surface area contributed by atoms with Crippen LogP contribution in [0.25, 0.3) is 5.57 Å². The Morgan fingerprint density at radius 1 is 0.500 bits per heavy atom. The fourth-order valence-electron chi connectivity index (χ4n) is 7.50. The summed E-state index contributed by atoms with van der Waals surface area (Å²) in [6.45, 7) is 0. The van der Waals surface area contributed by atoms with E-state index in [0.29, 0.717) is 0 Å². The summed E-state index contributed by atoms with van der Waals surface area (Å²) in [4.78, 5) is 4.62. The van der Waals surface area contributed by atoms with Gasteiger partial charge in [-0.2, -0.15) is 0 Å². The van der Waals surface area contributed by atoms with Crippen LogP contribution < -0.4 is 9.80 Å². The van der Waals surface area contributed by atoms with Gasteiger partial charge in [0.2, 0.25) is 0 Å². The molecule has 0 aliphatic heterocycles. The molecule has 0 aromatic heterocycles. The van der Waals surface area contributed by atoms with Crippen molar-refractivity contribution in [2.75, 3.05) is 16.8 Å². The van der Waals surface area contributed by atoms with Gasteiger partial charge in [-0.3, -0.25) is 0 Å². The third kappa shape index (κ3) is 4.57. The Balaban J connectivity index is 1.31. The molecule has 0 atom stereocenters. The standard InChI is InChI=1S/C44H36N2/c1-45(35-20-10-4-11-21-35)36-26-28-38(29-27-36)46(37-22-12-5-13-23-37)39-30-31-41-40-24-14-15-25-42(40)44(43(41)32-39,33-16-6-2-7-17-33)34-18-8-3-9-19-34/h2-13,15-23,25-32H,14,24H2,1H3. The molecule has 2 aliphatic rings. The highest BCUT2D eigenvalue weighted by Crippen LogP contribution is 2.58. The molecule has 0 bridgehead atoms. The van der Waals surface area contributed by atoms with Crippen molar-refractivity contribution in [2.24, 2.45) is 0 Å². The second kappa shape index (κ2) is 11.7. The molecule has 0 unspecified atom stereocenters. The van der Waals surface area contributed by atoms with Crippen LogP contribution in [0.3, 0.4) is 0 Å². The van der Waals surface area contributed by atoms with Crippen molar-refractivity contribution in [1.29, 1.82) is 0 Å². The summed E-state index contributed by atoms with van der Waals surface area (Å²) in [7, 11) is 2.12. The molecular formula is C44H36N2. The number of fused-ring (bicyclic) bond motifs is 2. The Kier molecular flexibility index (Phi) is 7.11. The zero-order valence-electron chi connectivity index (χ0n) is 26.1. The SMILES string of the molecule is CN(c1ccccc1)c1ccc(N(c2ccccc2)c2ccc3c(c2)C(c2ccccc2)(c2ccccc2)C2=C3CCC=C2)cc1. The van der Waals surface area contributed by atoms with Crippen molar-refractivity contribution in [1.82, 2.24) is 0 Å². The molecule has 0 amide bonds. The first-order valence-electron chi connectivity index (χ1n) is 16.2. The maximum Gasteiger partial charge on any atom is 0.0710 e.